The van der Waals surface area contributed by atoms with Crippen molar-refractivity contribution in [3.63, 3.8) is 0 Å². The van der Waals surface area contributed by atoms with Crippen molar-refractivity contribution in [2.45, 2.75) is 0 Å². The molecule has 0 aliphatic carbocycles. The van der Waals surface area contributed by atoms with Crippen LogP contribution in [0.2, 0.25) is 0 Å². The van der Waals surface area contributed by atoms with Gasteiger partial charge in [-0.2, -0.15) is 0 Å². The van der Waals surface area contributed by atoms with Crippen LogP contribution < -0.4 is 0 Å². The number of nitrogens with zero attached hydrogens (tertiary/aromatic N) is 5. The van der Waals surface area contributed by atoms with E-state index >= 15 is 0 Å². The molecule has 0 radical (unpaired) electrons. The van der Waals surface area contributed by atoms with Gasteiger partial charge < -0.3 is 13.6 Å². The maximum absolute atomic E-state index is 6.74. The molecule has 0 spiro atoms. The van der Waals surface area contributed by atoms with Crippen LogP contribution in [0.25, 0.3) is 144 Å². The van der Waals surface area contributed by atoms with E-state index < -0.39 is 0 Å². The van der Waals surface area contributed by atoms with E-state index in [1.54, 1.807) is 0 Å². The predicted molar refractivity (Wildman–Crippen MR) is 293 cm³/mol. The van der Waals surface area contributed by atoms with E-state index in [4.69, 9.17) is 19.4 Å². The van der Waals surface area contributed by atoms with Gasteiger partial charge in [0.05, 0.1) is 27.8 Å². The molecule has 4 heterocycles. The molecule has 15 rings (SSSR count). The molecule has 0 atom stereocenters. The van der Waals surface area contributed by atoms with Gasteiger partial charge >= 0.3 is 0 Å². The van der Waals surface area contributed by atoms with Crippen molar-refractivity contribution in [2.75, 3.05) is 0 Å². The number of fused-ring (bicyclic) bond motifs is 12. The standard InChI is InChI=1S/C65H39N5O/c1-3-18-41(19-4-1)63-66-64(68-65(67-63)51-29-15-28-50-47-25-11-13-30-54(47)69(62(50)51)45-22-5-2-6-23-45)44-33-35-56(70-55-31-14-12-26-48(55)52-37-42-20-7-8-21-43(42)39-57(52)70)53(38-44)49-27-16-32-58-61(49)60-46-24-10-9-17-40(46)34-36-59(60)71-58/h1-39H. The summed E-state index contributed by atoms with van der Waals surface area (Å²) in [5, 5.41) is 11.5. The number of hydrogen-bond acceptors (Lipinski definition) is 4. The van der Waals surface area contributed by atoms with Gasteiger partial charge in [0.15, 0.2) is 17.5 Å². The first-order valence-corrected chi connectivity index (χ1v) is 24.0. The molecule has 0 saturated heterocycles. The van der Waals surface area contributed by atoms with Crippen molar-refractivity contribution in [2.24, 2.45) is 0 Å². The van der Waals surface area contributed by atoms with Crippen molar-refractivity contribution in [3.05, 3.63) is 237 Å². The average Bonchev–Trinajstić information content (AvgIpc) is 4.11. The van der Waals surface area contributed by atoms with Crippen molar-refractivity contribution in [3.8, 4) is 56.7 Å². The molecule has 0 fully saturated rings. The van der Waals surface area contributed by atoms with Gasteiger partial charge in [0.2, 0.25) is 0 Å². The zero-order valence-electron chi connectivity index (χ0n) is 38.2. The lowest BCUT2D eigenvalue weighted by Crippen LogP contribution is -2.03. The summed E-state index contributed by atoms with van der Waals surface area (Å²) < 4.78 is 11.5. The summed E-state index contributed by atoms with van der Waals surface area (Å²) in [6, 6.07) is 83.9. The lowest BCUT2D eigenvalue weighted by atomic mass is 9.94. The molecule has 0 aliphatic heterocycles. The van der Waals surface area contributed by atoms with Crippen LogP contribution in [0, 0.1) is 0 Å². The van der Waals surface area contributed by atoms with E-state index in [0.717, 1.165) is 105 Å². The van der Waals surface area contributed by atoms with E-state index in [1.165, 1.54) is 21.5 Å². The maximum Gasteiger partial charge on any atom is 0.166 e. The van der Waals surface area contributed by atoms with Gasteiger partial charge in [0.1, 0.15) is 11.2 Å². The summed E-state index contributed by atoms with van der Waals surface area (Å²) in [4.78, 5) is 16.2. The van der Waals surface area contributed by atoms with E-state index in [-0.39, 0.29) is 0 Å². The predicted octanol–water partition coefficient (Wildman–Crippen LogP) is 16.9. The smallest absolute Gasteiger partial charge is 0.166 e. The number of furan rings is 1. The van der Waals surface area contributed by atoms with Crippen LogP contribution in [-0.4, -0.2) is 24.1 Å². The first-order chi connectivity index (χ1) is 35.2. The van der Waals surface area contributed by atoms with E-state index in [9.17, 15) is 0 Å². The highest BCUT2D eigenvalue weighted by Gasteiger charge is 2.24. The lowest BCUT2D eigenvalue weighted by Gasteiger charge is -2.17. The van der Waals surface area contributed by atoms with Crippen LogP contribution in [-0.2, 0) is 0 Å². The van der Waals surface area contributed by atoms with Gasteiger partial charge in [0, 0.05) is 60.3 Å². The Kier molecular flexibility index (Phi) is 8.56. The van der Waals surface area contributed by atoms with Gasteiger partial charge in [-0.1, -0.05) is 164 Å². The van der Waals surface area contributed by atoms with Crippen LogP contribution in [0.5, 0.6) is 0 Å². The fourth-order valence-corrected chi connectivity index (χ4v) is 11.2. The third-order valence-corrected chi connectivity index (χ3v) is 14.3. The minimum atomic E-state index is 0.573. The number of hydrogen-bond donors (Lipinski definition) is 0. The normalized spacial score (nSPS) is 11.9. The van der Waals surface area contributed by atoms with Gasteiger partial charge in [-0.05, 0) is 99.9 Å². The maximum atomic E-state index is 6.74. The number of para-hydroxylation sites is 4. The summed E-state index contributed by atoms with van der Waals surface area (Å²) >= 11 is 0. The van der Waals surface area contributed by atoms with Crippen molar-refractivity contribution in [1.82, 2.24) is 24.1 Å². The molecule has 71 heavy (non-hydrogen) atoms. The Morgan fingerprint density at radius 1 is 0.310 bits per heavy atom. The largest absolute Gasteiger partial charge is 0.456 e. The minimum Gasteiger partial charge on any atom is -0.456 e. The molecule has 0 N–H and O–H groups in total. The Hall–Kier alpha value is -9.65. The summed E-state index contributed by atoms with van der Waals surface area (Å²) in [6.45, 7) is 0. The SMILES string of the molecule is c1ccc(-c2nc(-c3ccc(-n4c5ccccc5c5cc6ccccc6cc54)c(-c4cccc5oc6ccc7ccccc7c6c45)c3)nc(-c3cccc4c5ccccc5n(-c5ccccc5)c34)n2)cc1. The molecule has 11 aromatic carbocycles. The number of aromatic nitrogens is 5. The summed E-state index contributed by atoms with van der Waals surface area (Å²) in [7, 11) is 0. The number of benzene rings is 11. The fraction of sp³-hybridized carbons (Fsp3) is 0. The highest BCUT2D eigenvalue weighted by atomic mass is 16.3. The Bertz CT molecular complexity index is 4640. The second kappa shape index (κ2) is 15.4. The molecule has 0 aliphatic rings. The second-order valence-electron chi connectivity index (χ2n) is 18.3. The van der Waals surface area contributed by atoms with Crippen molar-refractivity contribution in [1.29, 1.82) is 0 Å². The lowest BCUT2D eigenvalue weighted by molar-refractivity contribution is 0.669. The van der Waals surface area contributed by atoms with Gasteiger partial charge in [0.25, 0.3) is 0 Å². The topological polar surface area (TPSA) is 61.7 Å². The molecular formula is C65H39N5O. The third kappa shape index (κ3) is 6.05. The summed E-state index contributed by atoms with van der Waals surface area (Å²) in [5.74, 6) is 1.76. The number of rotatable bonds is 6. The van der Waals surface area contributed by atoms with Crippen LogP contribution in [0.4, 0.5) is 0 Å². The monoisotopic (exact) mass is 905 g/mol. The Morgan fingerprint density at radius 3 is 1.70 bits per heavy atom. The van der Waals surface area contributed by atoms with Crippen LogP contribution >= 0.6 is 0 Å². The Morgan fingerprint density at radius 2 is 0.901 bits per heavy atom. The highest BCUT2D eigenvalue weighted by molar-refractivity contribution is 6.23. The van der Waals surface area contributed by atoms with Gasteiger partial charge in [-0.3, -0.25) is 0 Å². The molecule has 0 bridgehead atoms. The van der Waals surface area contributed by atoms with Gasteiger partial charge in [-0.15, -0.1) is 0 Å². The van der Waals surface area contributed by atoms with Crippen molar-refractivity contribution >= 4 is 87.1 Å². The van der Waals surface area contributed by atoms with E-state index in [1.807, 2.05) is 18.2 Å². The van der Waals surface area contributed by atoms with Gasteiger partial charge in [-0.25, -0.2) is 15.0 Å². The van der Waals surface area contributed by atoms with Crippen LogP contribution in [0.3, 0.4) is 0 Å². The fourth-order valence-electron chi connectivity index (χ4n) is 11.2. The minimum absolute atomic E-state index is 0.573. The first kappa shape index (κ1) is 39.4. The van der Waals surface area contributed by atoms with Crippen molar-refractivity contribution < 1.29 is 4.42 Å². The molecule has 330 valence electrons. The summed E-state index contributed by atoms with van der Waals surface area (Å²) in [6.07, 6.45) is 0. The molecular weight excluding hydrogens is 867 g/mol. The summed E-state index contributed by atoms with van der Waals surface area (Å²) in [5.41, 5.74) is 12.9. The molecule has 15 aromatic rings. The Labute approximate surface area is 407 Å². The average molecular weight is 906 g/mol. The molecule has 4 aromatic heterocycles. The third-order valence-electron chi connectivity index (χ3n) is 14.3. The van der Waals surface area contributed by atoms with Crippen LogP contribution in [0.15, 0.2) is 241 Å². The van der Waals surface area contributed by atoms with E-state index in [0.29, 0.717) is 17.5 Å². The zero-order valence-corrected chi connectivity index (χ0v) is 38.2. The van der Waals surface area contributed by atoms with Crippen LogP contribution in [0.1, 0.15) is 0 Å². The molecule has 6 nitrogen and oxygen atoms in total. The Balaban J connectivity index is 1.04. The zero-order chi connectivity index (χ0) is 46.6. The molecule has 0 unspecified atom stereocenters. The quantitative estimate of drug-likeness (QED) is 0.167. The molecule has 6 heteroatoms. The second-order valence-corrected chi connectivity index (χ2v) is 18.3. The van der Waals surface area contributed by atoms with E-state index in [2.05, 4.69) is 228 Å². The molecule has 0 saturated carbocycles. The molecule has 0 amide bonds. The highest BCUT2D eigenvalue weighted by Crippen LogP contribution is 2.45. The first-order valence-electron chi connectivity index (χ1n) is 24.0.